The molecule has 1 aliphatic rings. The molecular weight excluding hydrogens is 352 g/mol. The van der Waals surface area contributed by atoms with E-state index >= 15 is 0 Å². The fraction of sp³-hybridized carbons (Fsp3) is 0.174. The Bertz CT molecular complexity index is 1080. The smallest absolute Gasteiger partial charge is 0.170 e. The van der Waals surface area contributed by atoms with Gasteiger partial charge >= 0.3 is 0 Å². The molecule has 0 aliphatic carbocycles. The lowest BCUT2D eigenvalue weighted by Gasteiger charge is -2.20. The Balaban J connectivity index is 1.62. The number of fused-ring (bicyclic) bond motifs is 1. The molecule has 28 heavy (non-hydrogen) atoms. The second kappa shape index (κ2) is 7.53. The molecule has 1 aromatic heterocycles. The fourth-order valence-electron chi connectivity index (χ4n) is 3.23. The Hall–Kier alpha value is -3.65. The summed E-state index contributed by atoms with van der Waals surface area (Å²) < 4.78 is 11.9. The first-order valence-corrected chi connectivity index (χ1v) is 9.06. The van der Waals surface area contributed by atoms with Crippen LogP contribution < -0.4 is 9.47 Å². The molecule has 0 unspecified atom stereocenters. The van der Waals surface area contributed by atoms with E-state index in [2.05, 4.69) is 11.1 Å². The van der Waals surface area contributed by atoms with E-state index in [-0.39, 0.29) is 5.78 Å². The number of nitrogens with zero attached hydrogens (tertiary/aromatic N) is 2. The van der Waals surface area contributed by atoms with Crippen molar-refractivity contribution in [2.75, 3.05) is 6.61 Å². The van der Waals surface area contributed by atoms with Crippen molar-refractivity contribution in [3.05, 3.63) is 82.7 Å². The molecule has 0 fully saturated rings. The van der Waals surface area contributed by atoms with Crippen LogP contribution in [0.3, 0.4) is 0 Å². The first kappa shape index (κ1) is 17.7. The molecule has 3 aromatic rings. The van der Waals surface area contributed by atoms with Gasteiger partial charge in [0.15, 0.2) is 5.78 Å². The third-order valence-electron chi connectivity index (χ3n) is 4.76. The van der Waals surface area contributed by atoms with Crippen LogP contribution in [-0.4, -0.2) is 17.4 Å². The van der Waals surface area contributed by atoms with Gasteiger partial charge in [0.1, 0.15) is 17.2 Å². The number of Topliss-reactive ketones (excluding diaryl/α,β-unsaturated/α-hetero) is 1. The highest BCUT2D eigenvalue weighted by Crippen LogP contribution is 2.37. The first-order chi connectivity index (χ1) is 13.7. The maximum atomic E-state index is 12.1. The summed E-state index contributed by atoms with van der Waals surface area (Å²) in [7, 11) is 0. The van der Waals surface area contributed by atoms with Crippen molar-refractivity contribution in [3.63, 3.8) is 0 Å². The van der Waals surface area contributed by atoms with Gasteiger partial charge in [0, 0.05) is 24.6 Å². The first-order valence-electron chi connectivity index (χ1n) is 9.06. The number of pyridine rings is 1. The molecule has 0 spiro atoms. The van der Waals surface area contributed by atoms with Crippen LogP contribution in [0.2, 0.25) is 0 Å². The number of aromatic nitrogens is 1. The number of benzene rings is 2. The molecule has 0 bridgehead atoms. The summed E-state index contributed by atoms with van der Waals surface area (Å²) in [6.45, 7) is 2.29. The molecule has 0 saturated carbocycles. The number of nitriles is 1. The van der Waals surface area contributed by atoms with E-state index in [0.29, 0.717) is 47.8 Å². The van der Waals surface area contributed by atoms with Crippen molar-refractivity contribution in [2.24, 2.45) is 0 Å². The van der Waals surface area contributed by atoms with Crippen LogP contribution in [0.5, 0.6) is 17.2 Å². The highest BCUT2D eigenvalue weighted by molar-refractivity contribution is 6.00. The fourth-order valence-corrected chi connectivity index (χ4v) is 3.23. The minimum absolute atomic E-state index is 0.0961. The van der Waals surface area contributed by atoms with E-state index in [1.807, 2.05) is 31.2 Å². The Morgan fingerprint density at radius 1 is 1.14 bits per heavy atom. The monoisotopic (exact) mass is 370 g/mol. The normalized spacial score (nSPS) is 12.6. The minimum Gasteiger partial charge on any atom is -0.492 e. The van der Waals surface area contributed by atoms with E-state index in [0.717, 1.165) is 16.8 Å². The Labute approximate surface area is 163 Å². The van der Waals surface area contributed by atoms with Crippen LogP contribution in [0, 0.1) is 18.3 Å². The molecule has 0 atom stereocenters. The number of hydrogen-bond acceptors (Lipinski definition) is 5. The van der Waals surface area contributed by atoms with Gasteiger partial charge in [0.25, 0.3) is 0 Å². The average molecular weight is 370 g/mol. The Kier molecular flexibility index (Phi) is 4.77. The largest absolute Gasteiger partial charge is 0.492 e. The topological polar surface area (TPSA) is 72.2 Å². The maximum absolute atomic E-state index is 12.1. The lowest BCUT2D eigenvalue weighted by atomic mass is 10.0. The second-order valence-corrected chi connectivity index (χ2v) is 6.62. The van der Waals surface area contributed by atoms with Gasteiger partial charge in [-0.1, -0.05) is 12.1 Å². The van der Waals surface area contributed by atoms with E-state index in [1.54, 1.807) is 30.5 Å². The molecule has 2 aromatic carbocycles. The van der Waals surface area contributed by atoms with Crippen molar-refractivity contribution in [3.8, 4) is 23.3 Å². The van der Waals surface area contributed by atoms with E-state index < -0.39 is 0 Å². The van der Waals surface area contributed by atoms with Gasteiger partial charge in [-0.3, -0.25) is 9.78 Å². The highest BCUT2D eigenvalue weighted by atomic mass is 16.5. The lowest BCUT2D eigenvalue weighted by Crippen LogP contribution is -2.16. The van der Waals surface area contributed by atoms with Gasteiger partial charge in [0.05, 0.1) is 29.5 Å². The zero-order valence-corrected chi connectivity index (χ0v) is 15.4. The van der Waals surface area contributed by atoms with E-state index in [4.69, 9.17) is 14.7 Å². The van der Waals surface area contributed by atoms with Gasteiger partial charge in [-0.25, -0.2) is 0 Å². The Morgan fingerprint density at radius 3 is 2.75 bits per heavy atom. The predicted molar refractivity (Wildman–Crippen MR) is 104 cm³/mol. The van der Waals surface area contributed by atoms with Crippen molar-refractivity contribution in [1.29, 1.82) is 5.26 Å². The number of ketones is 1. The number of hydrogen-bond donors (Lipinski definition) is 0. The number of rotatable bonds is 4. The van der Waals surface area contributed by atoms with Crippen molar-refractivity contribution in [1.82, 2.24) is 4.98 Å². The third kappa shape index (κ3) is 3.45. The molecule has 0 saturated heterocycles. The lowest BCUT2D eigenvalue weighted by molar-refractivity contribution is 0.0932. The van der Waals surface area contributed by atoms with Gasteiger partial charge in [-0.2, -0.15) is 5.26 Å². The average Bonchev–Trinajstić information content (AvgIpc) is 2.72. The molecule has 5 nitrogen and oxygen atoms in total. The SMILES string of the molecule is Cc1c(Oc2cccnc2Cc2ccc(C#N)cc2)ccc2c1OCCC2=O. The standard InChI is InChI=1S/C23H18N2O3/c1-15-21(9-8-18-20(26)10-12-27-23(15)18)28-22-3-2-11-25-19(22)13-16-4-6-17(14-24)7-5-16/h2-9,11H,10,12-13H2,1H3. The van der Waals surface area contributed by atoms with Crippen molar-refractivity contribution in [2.45, 2.75) is 19.8 Å². The molecule has 0 amide bonds. The number of ether oxygens (including phenoxy) is 2. The highest BCUT2D eigenvalue weighted by Gasteiger charge is 2.22. The summed E-state index contributed by atoms with van der Waals surface area (Å²) in [5.41, 5.74) is 3.87. The van der Waals surface area contributed by atoms with Crippen LogP contribution in [0.1, 0.15) is 39.2 Å². The zero-order valence-electron chi connectivity index (χ0n) is 15.4. The van der Waals surface area contributed by atoms with Crippen LogP contribution in [0.15, 0.2) is 54.7 Å². The molecular formula is C23H18N2O3. The van der Waals surface area contributed by atoms with Crippen LogP contribution in [-0.2, 0) is 6.42 Å². The van der Waals surface area contributed by atoms with Gasteiger partial charge in [0.2, 0.25) is 0 Å². The summed E-state index contributed by atoms with van der Waals surface area (Å²) in [5, 5.41) is 8.94. The third-order valence-corrected chi connectivity index (χ3v) is 4.76. The number of carbonyl (C=O) groups excluding carboxylic acids is 1. The Morgan fingerprint density at radius 2 is 1.96 bits per heavy atom. The van der Waals surface area contributed by atoms with Crippen LogP contribution in [0.25, 0.3) is 0 Å². The van der Waals surface area contributed by atoms with Crippen molar-refractivity contribution < 1.29 is 14.3 Å². The maximum Gasteiger partial charge on any atom is 0.170 e. The van der Waals surface area contributed by atoms with Crippen molar-refractivity contribution >= 4 is 5.78 Å². The van der Waals surface area contributed by atoms with Gasteiger partial charge in [-0.05, 0) is 48.9 Å². The van der Waals surface area contributed by atoms with E-state index in [9.17, 15) is 4.79 Å². The molecule has 2 heterocycles. The molecule has 0 N–H and O–H groups in total. The summed E-state index contributed by atoms with van der Waals surface area (Å²) in [6.07, 6.45) is 2.72. The van der Waals surface area contributed by atoms with Gasteiger partial charge in [-0.15, -0.1) is 0 Å². The minimum atomic E-state index is 0.0961. The molecule has 1 aliphatic heterocycles. The molecule has 0 radical (unpaired) electrons. The second-order valence-electron chi connectivity index (χ2n) is 6.62. The molecule has 4 rings (SSSR count). The molecule has 5 heteroatoms. The predicted octanol–water partition coefficient (Wildman–Crippen LogP) is 4.61. The summed E-state index contributed by atoms with van der Waals surface area (Å²) in [6, 6.07) is 16.8. The van der Waals surface area contributed by atoms with Gasteiger partial charge < -0.3 is 9.47 Å². The quantitative estimate of drug-likeness (QED) is 0.670. The van der Waals surface area contributed by atoms with E-state index in [1.165, 1.54) is 0 Å². The van der Waals surface area contributed by atoms with Crippen LogP contribution >= 0.6 is 0 Å². The number of carbonyl (C=O) groups is 1. The zero-order chi connectivity index (χ0) is 19.5. The van der Waals surface area contributed by atoms with Crippen LogP contribution in [0.4, 0.5) is 0 Å². The summed E-state index contributed by atoms with van der Waals surface area (Å²) in [5.74, 6) is 1.99. The summed E-state index contributed by atoms with van der Waals surface area (Å²) in [4.78, 5) is 16.5. The summed E-state index contributed by atoms with van der Waals surface area (Å²) >= 11 is 0. The molecule has 138 valence electrons.